The molecular weight excluding hydrogens is 725 g/mol. The third kappa shape index (κ3) is 37.9. The number of aliphatic hydroxyl groups excluding tert-OH is 7. The van der Waals surface area contributed by atoms with Gasteiger partial charge in [0.25, 0.3) is 0 Å². The average molecular weight is 797 g/mol. The molecule has 0 saturated carbocycles. The number of unbranched alkanes of at least 4 members (excludes halogenated alkanes) is 15. The van der Waals surface area contributed by atoms with Crippen molar-refractivity contribution in [1.82, 2.24) is 0 Å². The lowest BCUT2D eigenvalue weighted by atomic mass is 10.0. The van der Waals surface area contributed by atoms with Crippen LogP contribution in [0.2, 0.25) is 0 Å². The largest absolute Gasteiger partial charge is 0.472 e. The Morgan fingerprint density at radius 2 is 1.11 bits per heavy atom. The Bertz CT molecular complexity index is 1330. The van der Waals surface area contributed by atoms with Crippen molar-refractivity contribution in [3.63, 3.8) is 0 Å². The van der Waals surface area contributed by atoms with Gasteiger partial charge in [0.05, 0.1) is 24.4 Å². The lowest BCUT2D eigenvalue weighted by molar-refractivity contribution is -0.130. The number of ketones is 1. The molecule has 0 aliphatic heterocycles. The van der Waals surface area contributed by atoms with Crippen molar-refractivity contribution < 1.29 is 50.4 Å². The topological polar surface area (TPSA) is 196 Å². The molecule has 0 bridgehead atoms. The van der Waals surface area contributed by atoms with Crippen LogP contribution in [0.1, 0.15) is 167 Å². The molecule has 0 aliphatic carbocycles. The average Bonchev–Trinajstić information content (AvgIpc) is 3.18. The molecular formula is C47H72O10. The summed E-state index contributed by atoms with van der Waals surface area (Å²) in [6.07, 6.45) is 27.3. The fourth-order valence-electron chi connectivity index (χ4n) is 5.99. The summed E-state index contributed by atoms with van der Waals surface area (Å²) in [5.74, 6) is 16.1. The van der Waals surface area contributed by atoms with Crippen molar-refractivity contribution in [3.05, 3.63) is 24.3 Å². The summed E-state index contributed by atoms with van der Waals surface area (Å²) in [6, 6.07) is 0. The molecule has 0 aromatic carbocycles. The van der Waals surface area contributed by atoms with Crippen molar-refractivity contribution in [2.75, 3.05) is 0 Å². The van der Waals surface area contributed by atoms with Crippen LogP contribution in [0.5, 0.6) is 0 Å². The molecule has 57 heavy (non-hydrogen) atoms. The van der Waals surface area contributed by atoms with Gasteiger partial charge in [-0.15, -0.1) is 6.42 Å². The Kier molecular flexibility index (Phi) is 35.8. The van der Waals surface area contributed by atoms with Crippen molar-refractivity contribution in [1.29, 1.82) is 0 Å². The third-order valence-electron chi connectivity index (χ3n) is 9.42. The molecule has 0 heterocycles. The lowest BCUT2D eigenvalue weighted by Crippen LogP contribution is -2.24. The van der Waals surface area contributed by atoms with Gasteiger partial charge >= 0.3 is 5.97 Å². The molecule has 320 valence electrons. The Morgan fingerprint density at radius 1 is 0.561 bits per heavy atom. The van der Waals surface area contributed by atoms with Gasteiger partial charge in [0.15, 0.2) is 6.10 Å². The monoisotopic (exact) mass is 797 g/mol. The van der Waals surface area contributed by atoms with E-state index in [4.69, 9.17) is 11.5 Å². The maximum atomic E-state index is 12.2. The van der Waals surface area contributed by atoms with Gasteiger partial charge in [0.1, 0.15) is 18.0 Å². The van der Waals surface area contributed by atoms with E-state index in [-0.39, 0.29) is 6.42 Å². The Morgan fingerprint density at radius 3 is 1.74 bits per heavy atom. The van der Waals surface area contributed by atoms with Gasteiger partial charge in [-0.3, -0.25) is 4.79 Å². The molecule has 8 N–H and O–H groups in total. The van der Waals surface area contributed by atoms with Crippen molar-refractivity contribution in [2.24, 2.45) is 0 Å². The number of allylic oxidation sites excluding steroid dienone is 1. The molecule has 0 aliphatic rings. The second kappa shape index (κ2) is 38.1. The van der Waals surface area contributed by atoms with Crippen LogP contribution in [-0.4, -0.2) is 95.3 Å². The summed E-state index contributed by atoms with van der Waals surface area (Å²) in [5, 5.41) is 77.1. The number of rotatable bonds is 33. The molecule has 0 fully saturated rings. The zero-order chi connectivity index (χ0) is 42.4. The summed E-state index contributed by atoms with van der Waals surface area (Å²) in [6.45, 7) is 0. The van der Waals surface area contributed by atoms with E-state index in [1.165, 1.54) is 37.8 Å². The SMILES string of the molecule is C#C[C@@H](O)/C=C/[C@H](O)CCC[C@@H](O)CC#C[C@H](O)C#CCCCC[C@@H](O)/C=C/CCCCCC(=O)CCCCCCCCCCCCC[C@H](O)[C@H](O)C#CC(=O)O. The minimum atomic E-state index is -1.32. The number of hydrogen-bond donors (Lipinski definition) is 8. The number of hydrogen-bond acceptors (Lipinski definition) is 9. The Labute approximate surface area is 343 Å². The first kappa shape index (κ1) is 53.6. The van der Waals surface area contributed by atoms with Crippen LogP contribution in [0, 0.1) is 47.9 Å². The van der Waals surface area contributed by atoms with Gasteiger partial charge in [-0.25, -0.2) is 4.79 Å². The molecule has 7 atom stereocenters. The lowest BCUT2D eigenvalue weighted by Gasteiger charge is -2.12. The number of aliphatic carboxylic acids is 1. The molecule has 0 unspecified atom stereocenters. The van der Waals surface area contributed by atoms with Gasteiger partial charge in [-0.2, -0.15) is 0 Å². The predicted octanol–water partition coefficient (Wildman–Crippen LogP) is 6.06. The first-order valence-corrected chi connectivity index (χ1v) is 21.2. The molecule has 0 radical (unpaired) electrons. The van der Waals surface area contributed by atoms with Gasteiger partial charge < -0.3 is 40.9 Å². The van der Waals surface area contributed by atoms with E-state index in [9.17, 15) is 45.3 Å². The summed E-state index contributed by atoms with van der Waals surface area (Å²) in [7, 11) is 0. The molecule has 0 aromatic heterocycles. The maximum Gasteiger partial charge on any atom is 0.381 e. The Balaban J connectivity index is 3.68. The van der Waals surface area contributed by atoms with E-state index in [2.05, 4.69) is 35.5 Å². The highest BCUT2D eigenvalue weighted by molar-refractivity contribution is 5.86. The molecule has 0 saturated heterocycles. The number of terminal acetylenes is 1. The quantitative estimate of drug-likeness (QED) is 0.0220. The second-order valence-corrected chi connectivity index (χ2v) is 14.8. The maximum absolute atomic E-state index is 12.2. The first-order chi connectivity index (χ1) is 27.4. The summed E-state index contributed by atoms with van der Waals surface area (Å²) in [4.78, 5) is 22.6. The van der Waals surface area contributed by atoms with Crippen LogP contribution in [0.4, 0.5) is 0 Å². The molecule has 0 rings (SSSR count). The number of carboxylic acids is 1. The normalized spacial score (nSPS) is 14.8. The smallest absolute Gasteiger partial charge is 0.381 e. The van der Waals surface area contributed by atoms with Crippen LogP contribution in [0.15, 0.2) is 24.3 Å². The Hall–Kier alpha value is -3.42. The van der Waals surface area contributed by atoms with Crippen LogP contribution in [-0.2, 0) is 9.59 Å². The van der Waals surface area contributed by atoms with Gasteiger partial charge in [0.2, 0.25) is 0 Å². The minimum Gasteiger partial charge on any atom is -0.472 e. The standard InChI is InChI=1S/C47H72O10/c1-2-39(48)35-36-44(53)33-24-32-43(52)31-23-30-42(51)29-21-16-15-20-28-41(50)27-19-13-10-12-18-26-40(49)25-17-11-8-6-4-3-5-7-9-14-22-34-45(54)46(55)37-38-47(56)57/h1,19,27,35-36,39,41-46,48,50-55H,3-18,20,22,24-26,28,31-34H2,(H,56,57)/b27-19+,36-35+/t39-,41+,42-,43+,44-,45+,46-/m1/s1. The summed E-state index contributed by atoms with van der Waals surface area (Å²) in [5.41, 5.74) is 0. The van der Waals surface area contributed by atoms with Crippen molar-refractivity contribution in [3.8, 4) is 47.9 Å². The molecule has 0 aromatic rings. The minimum absolute atomic E-state index is 0.198. The molecule has 0 amide bonds. The van der Waals surface area contributed by atoms with E-state index in [1.54, 1.807) is 0 Å². The number of aliphatic hydroxyl groups is 7. The highest BCUT2D eigenvalue weighted by Crippen LogP contribution is 2.15. The molecule has 0 spiro atoms. The number of carbonyl (C=O) groups excluding carboxylic acids is 1. The van der Waals surface area contributed by atoms with Crippen LogP contribution >= 0.6 is 0 Å². The van der Waals surface area contributed by atoms with Gasteiger partial charge in [0, 0.05) is 31.6 Å². The fourth-order valence-corrected chi connectivity index (χ4v) is 5.99. The first-order valence-electron chi connectivity index (χ1n) is 21.2. The van der Waals surface area contributed by atoms with E-state index in [1.807, 2.05) is 18.1 Å². The molecule has 10 nitrogen and oxygen atoms in total. The third-order valence-corrected chi connectivity index (χ3v) is 9.42. The van der Waals surface area contributed by atoms with E-state index in [0.717, 1.165) is 83.5 Å². The number of Topliss-reactive ketones (excluding diaryl/α,β-unsaturated/α-hetero) is 1. The molecule has 10 heteroatoms. The van der Waals surface area contributed by atoms with Crippen LogP contribution in [0.3, 0.4) is 0 Å². The summed E-state index contributed by atoms with van der Waals surface area (Å²) >= 11 is 0. The highest BCUT2D eigenvalue weighted by Gasteiger charge is 2.13. The van der Waals surface area contributed by atoms with E-state index < -0.39 is 48.7 Å². The van der Waals surface area contributed by atoms with Gasteiger partial charge in [-0.05, 0) is 76.7 Å². The zero-order valence-electron chi connectivity index (χ0n) is 34.2. The highest BCUT2D eigenvalue weighted by atomic mass is 16.4. The van der Waals surface area contributed by atoms with Crippen LogP contribution in [0.25, 0.3) is 0 Å². The van der Waals surface area contributed by atoms with Crippen molar-refractivity contribution >= 4 is 11.8 Å². The number of carboxylic acid groups (broad SMARTS) is 1. The van der Waals surface area contributed by atoms with Crippen molar-refractivity contribution in [2.45, 2.75) is 210 Å². The number of carbonyl (C=O) groups is 2. The second-order valence-electron chi connectivity index (χ2n) is 14.8. The predicted molar refractivity (Wildman–Crippen MR) is 225 cm³/mol. The fraction of sp³-hybridized carbons (Fsp3) is 0.702. The zero-order valence-corrected chi connectivity index (χ0v) is 34.2. The van der Waals surface area contributed by atoms with Crippen LogP contribution < -0.4 is 0 Å². The van der Waals surface area contributed by atoms with E-state index >= 15 is 0 Å². The summed E-state index contributed by atoms with van der Waals surface area (Å²) < 4.78 is 0. The van der Waals surface area contributed by atoms with E-state index in [0.29, 0.717) is 57.1 Å². The van der Waals surface area contributed by atoms with Gasteiger partial charge in [-0.1, -0.05) is 124 Å².